The van der Waals surface area contributed by atoms with Gasteiger partial charge in [-0.2, -0.15) is 0 Å². The number of ether oxygens (including phenoxy) is 2. The molecule has 138 valence electrons. The summed E-state index contributed by atoms with van der Waals surface area (Å²) in [7, 11) is 0. The van der Waals surface area contributed by atoms with E-state index in [1.807, 2.05) is 12.1 Å². The SMILES string of the molecule is O=C(Nc1cccc(OC[C@H]2CCCO2)c1)c1cc2ccccc2oc1=O. The van der Waals surface area contributed by atoms with Crippen molar-refractivity contribution in [2.24, 2.45) is 0 Å². The van der Waals surface area contributed by atoms with E-state index in [2.05, 4.69) is 5.32 Å². The van der Waals surface area contributed by atoms with Crippen LogP contribution in [0.15, 0.2) is 63.8 Å². The van der Waals surface area contributed by atoms with Crippen molar-refractivity contribution in [1.29, 1.82) is 0 Å². The zero-order valence-corrected chi connectivity index (χ0v) is 14.6. The van der Waals surface area contributed by atoms with Gasteiger partial charge in [0.25, 0.3) is 5.91 Å². The predicted octanol–water partition coefficient (Wildman–Crippen LogP) is 3.60. The number of hydrogen-bond donors (Lipinski definition) is 1. The third kappa shape index (κ3) is 4.01. The number of benzene rings is 2. The highest BCUT2D eigenvalue weighted by atomic mass is 16.5. The van der Waals surface area contributed by atoms with Crippen LogP contribution in [0.25, 0.3) is 11.0 Å². The van der Waals surface area contributed by atoms with Gasteiger partial charge in [-0.05, 0) is 37.1 Å². The van der Waals surface area contributed by atoms with Gasteiger partial charge in [0.05, 0.1) is 6.10 Å². The van der Waals surface area contributed by atoms with Crippen LogP contribution >= 0.6 is 0 Å². The lowest BCUT2D eigenvalue weighted by Crippen LogP contribution is -2.20. The highest BCUT2D eigenvalue weighted by Gasteiger charge is 2.17. The summed E-state index contributed by atoms with van der Waals surface area (Å²) in [6.07, 6.45) is 2.16. The molecule has 0 saturated carbocycles. The number of nitrogens with one attached hydrogen (secondary N) is 1. The van der Waals surface area contributed by atoms with Crippen LogP contribution in [0.5, 0.6) is 5.75 Å². The van der Waals surface area contributed by atoms with E-state index < -0.39 is 11.5 Å². The second-order valence-corrected chi connectivity index (χ2v) is 6.41. The molecule has 1 N–H and O–H groups in total. The van der Waals surface area contributed by atoms with Gasteiger partial charge < -0.3 is 19.2 Å². The topological polar surface area (TPSA) is 77.8 Å². The first-order valence-corrected chi connectivity index (χ1v) is 8.88. The van der Waals surface area contributed by atoms with Gasteiger partial charge in [0.1, 0.15) is 23.5 Å². The van der Waals surface area contributed by atoms with Crippen LogP contribution in [0.3, 0.4) is 0 Å². The number of rotatable bonds is 5. The Bertz CT molecular complexity index is 1020. The van der Waals surface area contributed by atoms with Crippen LogP contribution in [0, 0.1) is 0 Å². The summed E-state index contributed by atoms with van der Waals surface area (Å²) in [4.78, 5) is 24.6. The number of anilines is 1. The number of carbonyl (C=O) groups excluding carboxylic acids is 1. The Morgan fingerprint density at radius 3 is 2.89 bits per heavy atom. The summed E-state index contributed by atoms with van der Waals surface area (Å²) < 4.78 is 16.5. The van der Waals surface area contributed by atoms with Crippen LogP contribution < -0.4 is 15.7 Å². The van der Waals surface area contributed by atoms with Gasteiger partial charge >= 0.3 is 5.63 Å². The van der Waals surface area contributed by atoms with E-state index in [4.69, 9.17) is 13.9 Å². The zero-order chi connectivity index (χ0) is 18.6. The average molecular weight is 365 g/mol. The predicted molar refractivity (Wildman–Crippen MR) is 101 cm³/mol. The highest BCUT2D eigenvalue weighted by molar-refractivity contribution is 6.05. The maximum atomic E-state index is 12.5. The van der Waals surface area contributed by atoms with E-state index in [-0.39, 0.29) is 11.7 Å². The molecule has 0 aliphatic carbocycles. The molecule has 1 aliphatic heterocycles. The van der Waals surface area contributed by atoms with Crippen LogP contribution in [0.2, 0.25) is 0 Å². The molecule has 0 spiro atoms. The molecule has 1 fully saturated rings. The molecule has 1 aromatic heterocycles. The normalized spacial score (nSPS) is 16.4. The van der Waals surface area contributed by atoms with Crippen LogP contribution in [-0.2, 0) is 4.74 Å². The Morgan fingerprint density at radius 1 is 1.15 bits per heavy atom. The van der Waals surface area contributed by atoms with Gasteiger partial charge in [0.15, 0.2) is 0 Å². The minimum atomic E-state index is -0.669. The molecule has 0 bridgehead atoms. The van der Waals surface area contributed by atoms with Crippen molar-refractivity contribution >= 4 is 22.6 Å². The van der Waals surface area contributed by atoms with E-state index >= 15 is 0 Å². The van der Waals surface area contributed by atoms with Gasteiger partial charge in [0.2, 0.25) is 0 Å². The van der Waals surface area contributed by atoms with E-state index in [0.29, 0.717) is 29.0 Å². The standard InChI is InChI=1S/C21H19NO5/c23-20(18-11-14-5-1-2-9-19(14)27-21(18)24)22-15-6-3-7-16(12-15)26-13-17-8-4-10-25-17/h1-3,5-7,9,11-12,17H,4,8,10,13H2,(H,22,23)/t17-/m1/s1. The minimum absolute atomic E-state index is 0.0422. The first kappa shape index (κ1) is 17.3. The second kappa shape index (κ2) is 7.63. The Morgan fingerprint density at radius 2 is 2.04 bits per heavy atom. The van der Waals surface area contributed by atoms with E-state index in [1.54, 1.807) is 36.4 Å². The average Bonchev–Trinajstić information content (AvgIpc) is 3.20. The minimum Gasteiger partial charge on any atom is -0.491 e. The maximum Gasteiger partial charge on any atom is 0.349 e. The van der Waals surface area contributed by atoms with Crippen molar-refractivity contribution in [3.63, 3.8) is 0 Å². The smallest absolute Gasteiger partial charge is 0.349 e. The molecule has 0 unspecified atom stereocenters. The first-order valence-electron chi connectivity index (χ1n) is 8.88. The van der Waals surface area contributed by atoms with E-state index in [0.717, 1.165) is 19.4 Å². The molecular weight excluding hydrogens is 346 g/mol. The Balaban J connectivity index is 1.48. The summed E-state index contributed by atoms with van der Waals surface area (Å²) in [6, 6.07) is 15.6. The fraction of sp³-hybridized carbons (Fsp3) is 0.238. The fourth-order valence-electron chi connectivity index (χ4n) is 3.05. The third-order valence-electron chi connectivity index (χ3n) is 4.44. The van der Waals surface area contributed by atoms with Crippen molar-refractivity contribution in [1.82, 2.24) is 0 Å². The summed E-state index contributed by atoms with van der Waals surface area (Å²) in [5.74, 6) is 0.111. The monoisotopic (exact) mass is 365 g/mol. The molecule has 2 aromatic carbocycles. The maximum absolute atomic E-state index is 12.5. The molecule has 6 heteroatoms. The third-order valence-corrected chi connectivity index (χ3v) is 4.44. The van der Waals surface area contributed by atoms with Gasteiger partial charge in [0, 0.05) is 23.7 Å². The summed E-state index contributed by atoms with van der Waals surface area (Å²) in [6.45, 7) is 1.25. The number of amides is 1. The number of fused-ring (bicyclic) bond motifs is 1. The quantitative estimate of drug-likeness (QED) is 0.699. The molecule has 3 aromatic rings. The lowest BCUT2D eigenvalue weighted by atomic mass is 10.1. The molecular formula is C21H19NO5. The van der Waals surface area contributed by atoms with Crippen molar-refractivity contribution in [3.8, 4) is 5.75 Å². The van der Waals surface area contributed by atoms with Crippen molar-refractivity contribution < 1.29 is 18.7 Å². The van der Waals surface area contributed by atoms with Crippen molar-refractivity contribution in [2.45, 2.75) is 18.9 Å². The van der Waals surface area contributed by atoms with Gasteiger partial charge in [-0.1, -0.05) is 24.3 Å². The summed E-state index contributed by atoms with van der Waals surface area (Å²) in [5.41, 5.74) is 0.275. The highest BCUT2D eigenvalue weighted by Crippen LogP contribution is 2.20. The molecule has 1 amide bonds. The number of hydrogen-bond acceptors (Lipinski definition) is 5. The fourth-order valence-corrected chi connectivity index (χ4v) is 3.05. The Hall–Kier alpha value is -3.12. The largest absolute Gasteiger partial charge is 0.491 e. The molecule has 2 heterocycles. The number of carbonyl (C=O) groups is 1. The van der Waals surface area contributed by atoms with Crippen molar-refractivity contribution in [3.05, 3.63) is 70.6 Å². The van der Waals surface area contributed by atoms with Crippen molar-refractivity contribution in [2.75, 3.05) is 18.5 Å². The van der Waals surface area contributed by atoms with Crippen LogP contribution in [-0.4, -0.2) is 25.2 Å². The first-order chi connectivity index (χ1) is 13.2. The second-order valence-electron chi connectivity index (χ2n) is 6.41. The number of para-hydroxylation sites is 1. The molecule has 6 nitrogen and oxygen atoms in total. The lowest BCUT2D eigenvalue weighted by molar-refractivity contribution is 0.0680. The van der Waals surface area contributed by atoms with E-state index in [9.17, 15) is 9.59 Å². The van der Waals surface area contributed by atoms with Crippen LogP contribution in [0.4, 0.5) is 5.69 Å². The lowest BCUT2D eigenvalue weighted by Gasteiger charge is -2.12. The van der Waals surface area contributed by atoms with Gasteiger partial charge in [-0.25, -0.2) is 4.79 Å². The Kier molecular flexibility index (Phi) is 4.89. The molecule has 1 aliphatic rings. The molecule has 1 saturated heterocycles. The van der Waals surface area contributed by atoms with Gasteiger partial charge in [-0.3, -0.25) is 4.79 Å². The van der Waals surface area contributed by atoms with E-state index in [1.165, 1.54) is 6.07 Å². The Labute approximate surface area is 155 Å². The summed E-state index contributed by atoms with van der Waals surface area (Å²) in [5, 5.41) is 3.41. The van der Waals surface area contributed by atoms with Gasteiger partial charge in [-0.15, -0.1) is 0 Å². The summed E-state index contributed by atoms with van der Waals surface area (Å²) >= 11 is 0. The molecule has 27 heavy (non-hydrogen) atoms. The molecule has 4 rings (SSSR count). The molecule has 1 atom stereocenters. The van der Waals surface area contributed by atoms with Crippen LogP contribution in [0.1, 0.15) is 23.2 Å². The molecule has 0 radical (unpaired) electrons. The zero-order valence-electron chi connectivity index (χ0n) is 14.6.